The summed E-state index contributed by atoms with van der Waals surface area (Å²) in [4.78, 5) is 15.4. The van der Waals surface area contributed by atoms with Gasteiger partial charge in [0.2, 0.25) is 5.52 Å². The zero-order chi connectivity index (χ0) is 30.0. The van der Waals surface area contributed by atoms with E-state index in [-0.39, 0.29) is 10.8 Å². The molecule has 0 N–H and O–H groups in total. The van der Waals surface area contributed by atoms with Crippen molar-refractivity contribution in [1.82, 2.24) is 19.4 Å². The van der Waals surface area contributed by atoms with Crippen LogP contribution in [0.4, 0.5) is 0 Å². The monoisotopic (exact) mass is 554 g/mol. The Morgan fingerprint density at radius 1 is 0.690 bits per heavy atom. The number of hydrogen-bond donors (Lipinski definition) is 0. The quantitative estimate of drug-likeness (QED) is 0.116. The third-order valence-electron chi connectivity index (χ3n) is 8.97. The molecule has 4 aromatic heterocycles. The minimum Gasteiger partial charge on any atom is -0.307 e. The van der Waals surface area contributed by atoms with Crippen LogP contribution in [0.15, 0.2) is 42.6 Å². The van der Waals surface area contributed by atoms with Crippen LogP contribution in [0.1, 0.15) is 75.4 Å². The number of nitrogens with zero attached hydrogens (tertiary/aromatic N) is 5. The number of pyridine rings is 2. The molecule has 0 amide bonds. The summed E-state index contributed by atoms with van der Waals surface area (Å²) in [5.41, 5.74) is 10.8. The molecular formula is C37H40N5+. The number of fused-ring (bicyclic) bond motifs is 6. The van der Waals surface area contributed by atoms with Crippen LogP contribution in [-0.4, -0.2) is 19.4 Å². The Balaban J connectivity index is 1.81. The molecule has 7 rings (SSSR count). The van der Waals surface area contributed by atoms with Crippen LogP contribution in [0.3, 0.4) is 0 Å². The highest BCUT2D eigenvalue weighted by molar-refractivity contribution is 6.30. The molecule has 7 aromatic rings. The molecule has 0 aliphatic carbocycles. The zero-order valence-electron chi connectivity index (χ0n) is 26.8. The summed E-state index contributed by atoms with van der Waals surface area (Å²) >= 11 is 0. The number of hydrogen-bond acceptors (Lipinski definition) is 3. The van der Waals surface area contributed by atoms with Gasteiger partial charge in [-0.05, 0) is 68.0 Å². The Kier molecular flexibility index (Phi) is 5.39. The second-order valence-corrected chi connectivity index (χ2v) is 14.4. The van der Waals surface area contributed by atoms with Gasteiger partial charge < -0.3 is 4.40 Å². The molecule has 0 atom stereocenters. The highest BCUT2D eigenvalue weighted by atomic mass is 15.1. The first kappa shape index (κ1) is 26.8. The Labute approximate surface area is 247 Å². The molecule has 3 aromatic carbocycles. The van der Waals surface area contributed by atoms with Gasteiger partial charge >= 0.3 is 0 Å². The lowest BCUT2D eigenvalue weighted by molar-refractivity contribution is -0.643. The summed E-state index contributed by atoms with van der Waals surface area (Å²) in [5.74, 6) is 2.40. The molecular weight excluding hydrogens is 514 g/mol. The van der Waals surface area contributed by atoms with Crippen molar-refractivity contribution in [2.45, 2.75) is 80.1 Å². The molecule has 0 spiro atoms. The minimum atomic E-state index is -0.212. The molecule has 0 aliphatic heterocycles. The third kappa shape index (κ3) is 3.62. The molecule has 4 heterocycles. The SMILES string of the molecule is Cc1ccc2c(c1)c1c(-c3nc(C(C)(C)C)nc(C(C)(C)C)n3)cc3cc[n+](C)c4c5c(C)c(C)cc(C)c5n2c1c34. The molecule has 0 fully saturated rings. The van der Waals surface area contributed by atoms with Crippen LogP contribution < -0.4 is 4.57 Å². The molecule has 0 bridgehead atoms. The zero-order valence-corrected chi connectivity index (χ0v) is 26.8. The van der Waals surface area contributed by atoms with Gasteiger partial charge in [-0.1, -0.05) is 59.2 Å². The lowest BCUT2D eigenvalue weighted by atomic mass is 9.92. The summed E-state index contributed by atoms with van der Waals surface area (Å²) in [6.07, 6.45) is 2.20. The maximum absolute atomic E-state index is 5.19. The molecule has 0 radical (unpaired) electrons. The van der Waals surface area contributed by atoms with Crippen molar-refractivity contribution < 1.29 is 4.57 Å². The van der Waals surface area contributed by atoms with E-state index in [4.69, 9.17) is 15.0 Å². The Morgan fingerprint density at radius 3 is 2.00 bits per heavy atom. The summed E-state index contributed by atoms with van der Waals surface area (Å²) in [6, 6.07) is 13.8. The largest absolute Gasteiger partial charge is 0.307 e. The number of rotatable bonds is 1. The fraction of sp³-hybridized carbons (Fsp3) is 0.351. The molecule has 5 nitrogen and oxygen atoms in total. The van der Waals surface area contributed by atoms with Crippen LogP contribution in [-0.2, 0) is 17.9 Å². The number of aryl methyl sites for hydroxylation is 5. The molecule has 5 heteroatoms. The first-order valence-corrected chi connectivity index (χ1v) is 15.0. The van der Waals surface area contributed by atoms with Crippen LogP contribution in [0.5, 0.6) is 0 Å². The van der Waals surface area contributed by atoms with Gasteiger partial charge in [-0.2, -0.15) is 0 Å². The van der Waals surface area contributed by atoms with Crippen LogP contribution >= 0.6 is 0 Å². The predicted molar refractivity (Wildman–Crippen MR) is 175 cm³/mol. The van der Waals surface area contributed by atoms with Crippen molar-refractivity contribution in [3.05, 3.63) is 76.5 Å². The fourth-order valence-corrected chi connectivity index (χ4v) is 6.70. The maximum Gasteiger partial charge on any atom is 0.224 e. The van der Waals surface area contributed by atoms with Gasteiger partial charge in [0.05, 0.1) is 27.3 Å². The van der Waals surface area contributed by atoms with E-state index in [1.807, 2.05) is 0 Å². The Hall–Kier alpha value is -4.12. The molecule has 42 heavy (non-hydrogen) atoms. The number of benzene rings is 3. The van der Waals surface area contributed by atoms with Crippen molar-refractivity contribution in [3.8, 4) is 11.4 Å². The fourth-order valence-electron chi connectivity index (χ4n) is 6.70. The van der Waals surface area contributed by atoms with Crippen LogP contribution in [0.2, 0.25) is 0 Å². The standard InChI is InChI=1S/C37H40N5/c1-19-12-13-26-24(16-19)29-25(33-38-34(36(5,6)7)40-35(39-33)37(8,9)10)18-23-14-15-41(11)31-27-22(4)20(2)17-21(3)30(27)42(26)32(29)28(23)31/h12-18H,1-11H3/q+1. The maximum atomic E-state index is 5.19. The average Bonchev–Trinajstić information content (AvgIpc) is 3.24. The highest BCUT2D eigenvalue weighted by Crippen LogP contribution is 2.46. The van der Waals surface area contributed by atoms with Gasteiger partial charge in [0.15, 0.2) is 12.0 Å². The second kappa shape index (κ2) is 8.47. The third-order valence-corrected chi connectivity index (χ3v) is 8.97. The van der Waals surface area contributed by atoms with Gasteiger partial charge in [-0.3, -0.25) is 0 Å². The molecule has 0 saturated carbocycles. The van der Waals surface area contributed by atoms with Crippen molar-refractivity contribution >= 4 is 49.0 Å². The predicted octanol–water partition coefficient (Wildman–Crippen LogP) is 8.50. The van der Waals surface area contributed by atoms with Gasteiger partial charge in [-0.25, -0.2) is 19.5 Å². The summed E-state index contributed by atoms with van der Waals surface area (Å²) in [6.45, 7) is 22.0. The van der Waals surface area contributed by atoms with E-state index in [2.05, 4.69) is 128 Å². The second-order valence-electron chi connectivity index (χ2n) is 14.4. The van der Waals surface area contributed by atoms with Gasteiger partial charge in [-0.15, -0.1) is 0 Å². The molecule has 0 unspecified atom stereocenters. The van der Waals surface area contributed by atoms with Crippen LogP contribution in [0.25, 0.3) is 60.4 Å². The lowest BCUT2D eigenvalue weighted by Gasteiger charge is -2.23. The van der Waals surface area contributed by atoms with Gasteiger partial charge in [0.25, 0.3) is 0 Å². The van der Waals surface area contributed by atoms with Crippen LogP contribution in [0, 0.1) is 27.7 Å². The van der Waals surface area contributed by atoms with Gasteiger partial charge in [0, 0.05) is 33.2 Å². The molecule has 0 aliphatic rings. The van der Waals surface area contributed by atoms with E-state index >= 15 is 0 Å². The van der Waals surface area contributed by atoms with E-state index in [9.17, 15) is 0 Å². The molecule has 212 valence electrons. The van der Waals surface area contributed by atoms with Crippen molar-refractivity contribution in [2.75, 3.05) is 0 Å². The first-order chi connectivity index (χ1) is 19.7. The van der Waals surface area contributed by atoms with E-state index in [0.29, 0.717) is 0 Å². The Bertz CT molecular complexity index is 2220. The highest BCUT2D eigenvalue weighted by Gasteiger charge is 2.30. The summed E-state index contributed by atoms with van der Waals surface area (Å²) < 4.78 is 4.83. The minimum absolute atomic E-state index is 0.212. The lowest BCUT2D eigenvalue weighted by Crippen LogP contribution is -2.29. The summed E-state index contributed by atoms with van der Waals surface area (Å²) in [5, 5.41) is 6.26. The van der Waals surface area contributed by atoms with Crippen molar-refractivity contribution in [3.63, 3.8) is 0 Å². The van der Waals surface area contributed by atoms with Gasteiger partial charge in [0.1, 0.15) is 18.7 Å². The van der Waals surface area contributed by atoms with E-state index in [0.717, 1.165) is 23.0 Å². The van der Waals surface area contributed by atoms with Crippen molar-refractivity contribution in [1.29, 1.82) is 0 Å². The smallest absolute Gasteiger partial charge is 0.224 e. The van der Waals surface area contributed by atoms with Crippen molar-refractivity contribution in [2.24, 2.45) is 7.05 Å². The average molecular weight is 555 g/mol. The Morgan fingerprint density at radius 2 is 1.36 bits per heavy atom. The first-order valence-electron chi connectivity index (χ1n) is 15.0. The van der Waals surface area contributed by atoms with E-state index in [1.165, 1.54) is 71.3 Å². The number of aromatic nitrogens is 5. The molecule has 0 saturated heterocycles. The van der Waals surface area contributed by atoms with E-state index < -0.39 is 0 Å². The summed E-state index contributed by atoms with van der Waals surface area (Å²) in [7, 11) is 2.18. The normalized spacial score (nSPS) is 13.1. The topological polar surface area (TPSA) is 47.0 Å². The van der Waals surface area contributed by atoms with E-state index in [1.54, 1.807) is 0 Å².